The molecule has 1 N–H and O–H groups in total. The van der Waals surface area contributed by atoms with Gasteiger partial charge < -0.3 is 5.11 Å². The summed E-state index contributed by atoms with van der Waals surface area (Å²) in [5.41, 5.74) is 0.635. The van der Waals surface area contributed by atoms with Gasteiger partial charge in [0.05, 0.1) is 6.20 Å². The molecule has 0 amide bonds. The van der Waals surface area contributed by atoms with Crippen LogP contribution in [0.3, 0.4) is 0 Å². The van der Waals surface area contributed by atoms with Crippen LogP contribution in [0.1, 0.15) is 5.82 Å². The van der Waals surface area contributed by atoms with Crippen LogP contribution in [-0.2, 0) is 0 Å². The maximum absolute atomic E-state index is 9.20. The fourth-order valence-corrected chi connectivity index (χ4v) is 0.973. The van der Waals surface area contributed by atoms with E-state index in [0.717, 1.165) is 0 Å². The van der Waals surface area contributed by atoms with Crippen molar-refractivity contribution in [3.8, 4) is 5.75 Å². The van der Waals surface area contributed by atoms with Crippen molar-refractivity contribution in [1.29, 1.82) is 0 Å². The van der Waals surface area contributed by atoms with Crippen LogP contribution in [0.15, 0.2) is 18.5 Å². The van der Waals surface area contributed by atoms with Crippen molar-refractivity contribution in [2.24, 2.45) is 0 Å². The Labute approximate surface area is 63.1 Å². The second kappa shape index (κ2) is 1.95. The van der Waals surface area contributed by atoms with E-state index in [0.29, 0.717) is 11.3 Å². The van der Waals surface area contributed by atoms with Crippen molar-refractivity contribution >= 4 is 5.52 Å². The Kier molecular flexibility index (Phi) is 1.09. The number of aromatic nitrogens is 3. The predicted molar refractivity (Wildman–Crippen MR) is 39.4 cm³/mol. The average Bonchev–Trinajstić information content (AvgIpc) is 2.32. The Bertz CT molecular complexity index is 393. The molecule has 0 atom stereocenters. The highest BCUT2D eigenvalue weighted by Gasteiger charge is 2.00. The minimum atomic E-state index is 0.213. The molecule has 0 saturated carbocycles. The van der Waals surface area contributed by atoms with Crippen LogP contribution < -0.4 is 0 Å². The lowest BCUT2D eigenvalue weighted by molar-refractivity contribution is 0.481. The Morgan fingerprint density at radius 3 is 3.18 bits per heavy atom. The largest absolute Gasteiger partial charge is 0.506 e. The van der Waals surface area contributed by atoms with E-state index in [1.54, 1.807) is 29.9 Å². The maximum atomic E-state index is 9.20. The van der Waals surface area contributed by atoms with E-state index in [-0.39, 0.29) is 5.75 Å². The minimum Gasteiger partial charge on any atom is -0.506 e. The molecule has 2 aromatic rings. The van der Waals surface area contributed by atoms with Gasteiger partial charge in [-0.2, -0.15) is 5.10 Å². The van der Waals surface area contributed by atoms with Gasteiger partial charge in [0.2, 0.25) is 0 Å². The Morgan fingerprint density at radius 1 is 1.55 bits per heavy atom. The summed E-state index contributed by atoms with van der Waals surface area (Å²) < 4.78 is 1.59. The lowest BCUT2D eigenvalue weighted by Gasteiger charge is -1.93. The zero-order valence-electron chi connectivity index (χ0n) is 6.02. The van der Waals surface area contributed by atoms with Crippen LogP contribution in [0.4, 0.5) is 0 Å². The predicted octanol–water partition coefficient (Wildman–Crippen LogP) is 0.743. The van der Waals surface area contributed by atoms with E-state index >= 15 is 0 Å². The second-order valence-electron chi connectivity index (χ2n) is 2.34. The van der Waals surface area contributed by atoms with Crippen LogP contribution in [0.2, 0.25) is 0 Å². The molecule has 4 nitrogen and oxygen atoms in total. The lowest BCUT2D eigenvalue weighted by atomic mass is 10.5. The Balaban J connectivity index is 2.86. The van der Waals surface area contributed by atoms with Gasteiger partial charge in [0, 0.05) is 12.3 Å². The van der Waals surface area contributed by atoms with Gasteiger partial charge in [-0.25, -0.2) is 9.50 Å². The standard InChI is InChI=1S/C7H7N3O/c1-5-8-4-6-7(11)2-3-10(6)9-5/h2-4,11H,1H3. The van der Waals surface area contributed by atoms with Crippen molar-refractivity contribution in [1.82, 2.24) is 14.6 Å². The van der Waals surface area contributed by atoms with Gasteiger partial charge in [0.25, 0.3) is 0 Å². The summed E-state index contributed by atoms with van der Waals surface area (Å²) in [6, 6.07) is 1.59. The summed E-state index contributed by atoms with van der Waals surface area (Å²) in [7, 11) is 0. The second-order valence-corrected chi connectivity index (χ2v) is 2.34. The van der Waals surface area contributed by atoms with Gasteiger partial charge in [-0.15, -0.1) is 0 Å². The highest BCUT2D eigenvalue weighted by molar-refractivity contribution is 5.57. The Morgan fingerprint density at radius 2 is 2.36 bits per heavy atom. The first kappa shape index (κ1) is 6.15. The van der Waals surface area contributed by atoms with Crippen molar-refractivity contribution in [3.63, 3.8) is 0 Å². The number of rotatable bonds is 0. The summed E-state index contributed by atoms with van der Waals surface area (Å²) >= 11 is 0. The first-order valence-electron chi connectivity index (χ1n) is 3.27. The van der Waals surface area contributed by atoms with Crippen molar-refractivity contribution in [2.45, 2.75) is 6.92 Å². The first-order chi connectivity index (χ1) is 5.27. The molecular weight excluding hydrogens is 142 g/mol. The molecule has 0 aromatic carbocycles. The normalized spacial score (nSPS) is 10.6. The molecule has 0 fully saturated rings. The van der Waals surface area contributed by atoms with Crippen LogP contribution in [0.25, 0.3) is 5.52 Å². The molecule has 0 radical (unpaired) electrons. The molecule has 0 aliphatic heterocycles. The van der Waals surface area contributed by atoms with Crippen molar-refractivity contribution in [3.05, 3.63) is 24.3 Å². The molecule has 2 rings (SSSR count). The van der Waals surface area contributed by atoms with Gasteiger partial charge in [0.1, 0.15) is 17.1 Å². The van der Waals surface area contributed by atoms with Gasteiger partial charge in [-0.1, -0.05) is 0 Å². The van der Waals surface area contributed by atoms with E-state index in [1.807, 2.05) is 0 Å². The lowest BCUT2D eigenvalue weighted by Crippen LogP contribution is -1.94. The van der Waals surface area contributed by atoms with E-state index in [9.17, 15) is 5.11 Å². The molecule has 0 unspecified atom stereocenters. The average molecular weight is 149 g/mol. The van der Waals surface area contributed by atoms with E-state index in [2.05, 4.69) is 10.1 Å². The molecule has 56 valence electrons. The highest BCUT2D eigenvalue weighted by atomic mass is 16.3. The fourth-order valence-electron chi connectivity index (χ4n) is 0.973. The first-order valence-corrected chi connectivity index (χ1v) is 3.27. The number of fused-ring (bicyclic) bond motifs is 1. The molecule has 0 aliphatic carbocycles. The summed E-state index contributed by atoms with van der Waals surface area (Å²) in [4.78, 5) is 3.95. The SMILES string of the molecule is Cc1ncc2c(O)ccn2n1. The molecule has 2 heterocycles. The number of aryl methyl sites for hydroxylation is 1. The molecule has 0 saturated heterocycles. The quantitative estimate of drug-likeness (QED) is 0.601. The van der Waals surface area contributed by atoms with Crippen molar-refractivity contribution < 1.29 is 5.11 Å². The summed E-state index contributed by atoms with van der Waals surface area (Å²) in [5, 5.41) is 13.2. The van der Waals surface area contributed by atoms with E-state index in [1.165, 1.54) is 0 Å². The third kappa shape index (κ3) is 0.832. The smallest absolute Gasteiger partial charge is 0.146 e. The topological polar surface area (TPSA) is 50.4 Å². The van der Waals surface area contributed by atoms with Gasteiger partial charge in [-0.05, 0) is 6.92 Å². The summed E-state index contributed by atoms with van der Waals surface area (Å²) in [6.45, 7) is 1.80. The third-order valence-corrected chi connectivity index (χ3v) is 1.51. The maximum Gasteiger partial charge on any atom is 0.146 e. The summed E-state index contributed by atoms with van der Waals surface area (Å²) in [6.07, 6.45) is 3.29. The number of aromatic hydroxyl groups is 1. The highest BCUT2D eigenvalue weighted by Crippen LogP contribution is 2.16. The van der Waals surface area contributed by atoms with Crippen LogP contribution in [-0.4, -0.2) is 19.7 Å². The molecular formula is C7H7N3O. The molecule has 0 aliphatic rings. The zero-order valence-corrected chi connectivity index (χ0v) is 6.02. The fraction of sp³-hybridized carbons (Fsp3) is 0.143. The molecule has 11 heavy (non-hydrogen) atoms. The van der Waals surface area contributed by atoms with E-state index in [4.69, 9.17) is 0 Å². The monoisotopic (exact) mass is 149 g/mol. The van der Waals surface area contributed by atoms with Gasteiger partial charge in [0.15, 0.2) is 0 Å². The number of hydrogen-bond donors (Lipinski definition) is 1. The van der Waals surface area contributed by atoms with Gasteiger partial charge >= 0.3 is 0 Å². The van der Waals surface area contributed by atoms with E-state index < -0.39 is 0 Å². The molecule has 0 bridgehead atoms. The van der Waals surface area contributed by atoms with Crippen LogP contribution in [0.5, 0.6) is 5.75 Å². The molecule has 2 aromatic heterocycles. The van der Waals surface area contributed by atoms with Crippen LogP contribution >= 0.6 is 0 Å². The Hall–Kier alpha value is -1.58. The van der Waals surface area contributed by atoms with Gasteiger partial charge in [-0.3, -0.25) is 0 Å². The number of hydrogen-bond acceptors (Lipinski definition) is 3. The molecule has 0 spiro atoms. The molecule has 4 heteroatoms. The zero-order chi connectivity index (χ0) is 7.84. The third-order valence-electron chi connectivity index (χ3n) is 1.51. The number of nitrogens with zero attached hydrogens (tertiary/aromatic N) is 3. The van der Waals surface area contributed by atoms with Crippen LogP contribution in [0, 0.1) is 6.92 Å². The minimum absolute atomic E-state index is 0.213. The van der Waals surface area contributed by atoms with Crippen molar-refractivity contribution in [2.75, 3.05) is 0 Å². The summed E-state index contributed by atoms with van der Waals surface area (Å²) in [5.74, 6) is 0.901.